The molecule has 1 heterocycles. The normalized spacial score (nSPS) is 21.8. The number of aliphatic hydroxyl groups excluding tert-OH is 1. The quantitative estimate of drug-likeness (QED) is 0.225. The van der Waals surface area contributed by atoms with E-state index in [1.54, 1.807) is 0 Å². The molecule has 0 saturated heterocycles. The van der Waals surface area contributed by atoms with E-state index >= 15 is 0 Å². The van der Waals surface area contributed by atoms with Gasteiger partial charge in [0.1, 0.15) is 6.54 Å². The summed E-state index contributed by atoms with van der Waals surface area (Å²) in [6.45, 7) is 9.15. The number of unbranched alkanes of at least 4 members (excludes halogenated alkanes) is 9. The molecular weight excluding hydrogens is 308 g/mol. The summed E-state index contributed by atoms with van der Waals surface area (Å²) < 4.78 is 0.696. The van der Waals surface area contributed by atoms with Gasteiger partial charge in [0.05, 0.1) is 13.1 Å². The molecule has 0 amide bonds. The lowest BCUT2D eigenvalue weighted by Crippen LogP contribution is -2.56. The minimum absolute atomic E-state index is 0.330. The molecule has 146 valence electrons. The van der Waals surface area contributed by atoms with Crippen molar-refractivity contribution < 1.29 is 9.59 Å². The summed E-state index contributed by atoms with van der Waals surface area (Å²) in [5.41, 5.74) is 0. The maximum Gasteiger partial charge on any atom is 0.200 e. The van der Waals surface area contributed by atoms with Crippen molar-refractivity contribution in [3.05, 3.63) is 12.2 Å². The van der Waals surface area contributed by atoms with Gasteiger partial charge in [0, 0.05) is 13.3 Å². The van der Waals surface area contributed by atoms with E-state index in [0.717, 1.165) is 38.9 Å². The zero-order valence-electron chi connectivity index (χ0n) is 17.2. The molecule has 0 aromatic carbocycles. The first-order chi connectivity index (χ1) is 12.2. The third-order valence-electron chi connectivity index (χ3n) is 5.75. The molecule has 1 N–H and O–H groups in total. The summed E-state index contributed by atoms with van der Waals surface area (Å²) in [7, 11) is 0. The first-order valence-electron chi connectivity index (χ1n) is 10.9. The van der Waals surface area contributed by atoms with Crippen molar-refractivity contribution in [1.82, 2.24) is 0 Å². The van der Waals surface area contributed by atoms with Gasteiger partial charge in [-0.1, -0.05) is 64.0 Å². The number of amidine groups is 1. The summed E-state index contributed by atoms with van der Waals surface area (Å²) in [5, 5.41) is 10.2. The second-order valence-corrected chi connectivity index (χ2v) is 7.63. The van der Waals surface area contributed by atoms with Crippen LogP contribution in [0.4, 0.5) is 0 Å². The van der Waals surface area contributed by atoms with Gasteiger partial charge in [0.2, 0.25) is 5.84 Å². The Balaban J connectivity index is 2.03. The zero-order valence-corrected chi connectivity index (χ0v) is 17.2. The van der Waals surface area contributed by atoms with E-state index in [2.05, 4.69) is 31.0 Å². The number of aliphatic hydroxyl groups is 1. The Morgan fingerprint density at radius 2 is 1.56 bits per heavy atom. The number of rotatable bonds is 15. The molecule has 3 heteroatoms. The summed E-state index contributed by atoms with van der Waals surface area (Å²) in [6.07, 6.45) is 20.1. The number of likely N-dealkylation sites (N-methyl/N-ethyl adjacent to an activating group) is 1. The Morgan fingerprint density at radius 1 is 0.960 bits per heavy atom. The first-order valence-corrected chi connectivity index (χ1v) is 10.9. The maximum absolute atomic E-state index is 10.2. The molecule has 0 aromatic rings. The minimum Gasteiger partial charge on any atom is -0.345 e. The van der Waals surface area contributed by atoms with Crippen LogP contribution in [0.1, 0.15) is 97.8 Å². The lowest BCUT2D eigenvalue weighted by molar-refractivity contribution is -0.882. The van der Waals surface area contributed by atoms with Crippen LogP contribution in [0.15, 0.2) is 17.1 Å². The Labute approximate surface area is 156 Å². The zero-order chi connectivity index (χ0) is 18.4. The molecule has 0 radical (unpaired) electrons. The highest BCUT2D eigenvalue weighted by Gasteiger charge is 2.40. The third-order valence-corrected chi connectivity index (χ3v) is 5.75. The van der Waals surface area contributed by atoms with Crippen LogP contribution in [-0.2, 0) is 0 Å². The lowest BCUT2D eigenvalue weighted by Gasteiger charge is -2.36. The van der Waals surface area contributed by atoms with Crippen LogP contribution >= 0.6 is 0 Å². The number of allylic oxidation sites excluding steroid dienone is 2. The average Bonchev–Trinajstić information content (AvgIpc) is 3.03. The standard InChI is InChI=1S/C22H43N2O/c1-4-6-7-8-9-10-11-12-13-14-15-16-17-18-22-23-19-20-24(22,5-2)21(3)25/h14-15,21,25H,4-13,16-20H2,1-3H3/q+1/b15-14+. The van der Waals surface area contributed by atoms with E-state index in [-0.39, 0.29) is 6.23 Å². The fourth-order valence-electron chi connectivity index (χ4n) is 3.95. The SMILES string of the molecule is CCCCCCCCCC/C=C/CCCC1=NCC[N+]1(CC)C(C)O. The van der Waals surface area contributed by atoms with Gasteiger partial charge in [-0.2, -0.15) is 0 Å². The number of aliphatic imine (C=N–C) groups is 1. The molecule has 25 heavy (non-hydrogen) atoms. The molecule has 1 aliphatic rings. The van der Waals surface area contributed by atoms with Gasteiger partial charge in [-0.05, 0) is 32.6 Å². The Kier molecular flexibility index (Phi) is 12.1. The molecule has 0 aromatic heterocycles. The Bertz CT molecular complexity index is 389. The van der Waals surface area contributed by atoms with Crippen molar-refractivity contribution in [3.63, 3.8) is 0 Å². The number of hydrogen-bond donors (Lipinski definition) is 1. The molecule has 0 saturated carbocycles. The Hall–Kier alpha value is -0.670. The predicted octanol–water partition coefficient (Wildman–Crippen LogP) is 5.83. The molecule has 0 spiro atoms. The number of quaternary nitrogens is 1. The van der Waals surface area contributed by atoms with Crippen LogP contribution < -0.4 is 0 Å². The molecule has 1 aliphatic heterocycles. The van der Waals surface area contributed by atoms with Gasteiger partial charge >= 0.3 is 0 Å². The topological polar surface area (TPSA) is 32.6 Å². The van der Waals surface area contributed by atoms with Gasteiger partial charge in [0.15, 0.2) is 6.23 Å². The largest absolute Gasteiger partial charge is 0.345 e. The van der Waals surface area contributed by atoms with E-state index in [0.29, 0.717) is 4.48 Å². The highest BCUT2D eigenvalue weighted by Crippen LogP contribution is 2.22. The first kappa shape index (κ1) is 22.4. The van der Waals surface area contributed by atoms with E-state index in [9.17, 15) is 5.11 Å². The second-order valence-electron chi connectivity index (χ2n) is 7.63. The van der Waals surface area contributed by atoms with Crippen molar-refractivity contribution in [2.75, 3.05) is 19.6 Å². The van der Waals surface area contributed by atoms with Crippen molar-refractivity contribution >= 4 is 5.84 Å². The smallest absolute Gasteiger partial charge is 0.200 e. The second kappa shape index (κ2) is 13.5. The summed E-state index contributed by atoms with van der Waals surface area (Å²) in [5.74, 6) is 1.22. The Morgan fingerprint density at radius 3 is 2.16 bits per heavy atom. The molecule has 2 atom stereocenters. The van der Waals surface area contributed by atoms with Gasteiger partial charge < -0.3 is 5.11 Å². The molecule has 0 fully saturated rings. The number of hydrogen-bond acceptors (Lipinski definition) is 2. The van der Waals surface area contributed by atoms with Crippen molar-refractivity contribution in [1.29, 1.82) is 0 Å². The van der Waals surface area contributed by atoms with Gasteiger partial charge in [0.25, 0.3) is 0 Å². The highest BCUT2D eigenvalue weighted by atomic mass is 16.3. The van der Waals surface area contributed by atoms with Crippen LogP contribution in [0, 0.1) is 0 Å². The minimum atomic E-state index is -0.330. The molecule has 2 unspecified atom stereocenters. The van der Waals surface area contributed by atoms with E-state index in [1.165, 1.54) is 63.6 Å². The number of nitrogens with zero attached hydrogens (tertiary/aromatic N) is 2. The summed E-state index contributed by atoms with van der Waals surface area (Å²) in [4.78, 5) is 4.68. The fraction of sp³-hybridized carbons (Fsp3) is 0.864. The van der Waals surface area contributed by atoms with Crippen LogP contribution in [0.2, 0.25) is 0 Å². The predicted molar refractivity (Wildman–Crippen MR) is 110 cm³/mol. The van der Waals surface area contributed by atoms with Crippen LogP contribution in [-0.4, -0.2) is 41.3 Å². The molecule has 1 rings (SSSR count). The van der Waals surface area contributed by atoms with Crippen LogP contribution in [0.25, 0.3) is 0 Å². The summed E-state index contributed by atoms with van der Waals surface area (Å²) >= 11 is 0. The summed E-state index contributed by atoms with van der Waals surface area (Å²) in [6, 6.07) is 0. The van der Waals surface area contributed by atoms with E-state index in [1.807, 2.05) is 6.92 Å². The molecule has 0 bridgehead atoms. The molecule has 0 aliphatic carbocycles. The van der Waals surface area contributed by atoms with Gasteiger partial charge in [-0.25, -0.2) is 4.99 Å². The highest BCUT2D eigenvalue weighted by molar-refractivity contribution is 5.76. The maximum atomic E-state index is 10.2. The molecule has 3 nitrogen and oxygen atoms in total. The molecular formula is C22H43N2O+. The lowest BCUT2D eigenvalue weighted by atomic mass is 10.1. The van der Waals surface area contributed by atoms with E-state index in [4.69, 9.17) is 0 Å². The van der Waals surface area contributed by atoms with Gasteiger partial charge in [-0.15, -0.1) is 0 Å². The van der Waals surface area contributed by atoms with E-state index < -0.39 is 0 Å². The van der Waals surface area contributed by atoms with Gasteiger partial charge in [-0.3, -0.25) is 4.48 Å². The van der Waals surface area contributed by atoms with Crippen molar-refractivity contribution in [3.8, 4) is 0 Å². The van der Waals surface area contributed by atoms with Crippen LogP contribution in [0.5, 0.6) is 0 Å². The van der Waals surface area contributed by atoms with Crippen molar-refractivity contribution in [2.24, 2.45) is 4.99 Å². The average molecular weight is 352 g/mol. The fourth-order valence-corrected chi connectivity index (χ4v) is 3.95. The third kappa shape index (κ3) is 8.04. The monoisotopic (exact) mass is 351 g/mol. The van der Waals surface area contributed by atoms with Crippen molar-refractivity contribution in [2.45, 2.75) is 104 Å². The van der Waals surface area contributed by atoms with Crippen LogP contribution in [0.3, 0.4) is 0 Å².